The molecule has 2 fully saturated rings. The molecule has 1 heterocycles. The monoisotopic (exact) mass is 205 g/mol. The fraction of sp³-hybridized carbons (Fsp3) is 1.00. The normalized spacial score (nSPS) is 40.3. The summed E-state index contributed by atoms with van der Waals surface area (Å²) in [5.41, 5.74) is -0.259. The molecular formula is C10H17F2NO. The van der Waals surface area contributed by atoms with Gasteiger partial charge in [-0.05, 0) is 24.7 Å². The summed E-state index contributed by atoms with van der Waals surface area (Å²) in [5, 5.41) is 2.87. The molecule has 0 aromatic rings. The first kappa shape index (κ1) is 10.3. The maximum absolute atomic E-state index is 12.8. The van der Waals surface area contributed by atoms with Crippen molar-refractivity contribution in [1.29, 1.82) is 0 Å². The summed E-state index contributed by atoms with van der Waals surface area (Å²) >= 11 is 0. The van der Waals surface area contributed by atoms with Gasteiger partial charge >= 0.3 is 0 Å². The van der Waals surface area contributed by atoms with Crippen molar-refractivity contribution < 1.29 is 13.5 Å². The topological polar surface area (TPSA) is 21.3 Å². The minimum absolute atomic E-state index is 0.208. The Morgan fingerprint density at radius 2 is 1.93 bits per heavy atom. The number of rotatable bonds is 0. The van der Waals surface area contributed by atoms with Crippen LogP contribution in [0.5, 0.6) is 0 Å². The SMILES string of the molecule is CC1(C)CCC2(C1)NCC(F)(F)CO2. The summed E-state index contributed by atoms with van der Waals surface area (Å²) in [7, 11) is 0. The van der Waals surface area contributed by atoms with Gasteiger partial charge in [0, 0.05) is 0 Å². The van der Waals surface area contributed by atoms with Crippen LogP contribution in [0, 0.1) is 5.41 Å². The zero-order valence-electron chi connectivity index (χ0n) is 8.70. The van der Waals surface area contributed by atoms with Crippen LogP contribution >= 0.6 is 0 Å². The van der Waals surface area contributed by atoms with Gasteiger partial charge in [0.15, 0.2) is 0 Å². The number of nitrogens with one attached hydrogen (secondary N) is 1. The summed E-state index contributed by atoms with van der Waals surface area (Å²) in [4.78, 5) is 0. The van der Waals surface area contributed by atoms with Crippen LogP contribution in [0.3, 0.4) is 0 Å². The van der Waals surface area contributed by atoms with Gasteiger partial charge in [-0.15, -0.1) is 0 Å². The lowest BCUT2D eigenvalue weighted by molar-refractivity contribution is -0.193. The second kappa shape index (κ2) is 2.89. The highest BCUT2D eigenvalue weighted by molar-refractivity contribution is 4.97. The van der Waals surface area contributed by atoms with E-state index in [-0.39, 0.29) is 12.0 Å². The van der Waals surface area contributed by atoms with Gasteiger partial charge in [-0.25, -0.2) is 8.78 Å². The van der Waals surface area contributed by atoms with Crippen LogP contribution in [0.25, 0.3) is 0 Å². The van der Waals surface area contributed by atoms with E-state index in [0.29, 0.717) is 0 Å². The molecule has 1 unspecified atom stereocenters. The number of hydrogen-bond acceptors (Lipinski definition) is 2. The molecule has 0 aromatic carbocycles. The molecule has 2 aliphatic rings. The molecule has 1 saturated carbocycles. The largest absolute Gasteiger partial charge is 0.354 e. The van der Waals surface area contributed by atoms with Crippen molar-refractivity contribution in [3.05, 3.63) is 0 Å². The Morgan fingerprint density at radius 1 is 1.21 bits per heavy atom. The van der Waals surface area contributed by atoms with E-state index in [0.717, 1.165) is 19.3 Å². The highest BCUT2D eigenvalue weighted by atomic mass is 19.3. The molecule has 0 bridgehead atoms. The van der Waals surface area contributed by atoms with E-state index < -0.39 is 18.3 Å². The van der Waals surface area contributed by atoms with Gasteiger partial charge in [0.2, 0.25) is 0 Å². The van der Waals surface area contributed by atoms with Crippen LogP contribution in [-0.2, 0) is 4.74 Å². The molecule has 4 heteroatoms. The molecule has 2 rings (SSSR count). The van der Waals surface area contributed by atoms with E-state index >= 15 is 0 Å². The number of halogens is 2. The lowest BCUT2D eigenvalue weighted by atomic mass is 9.91. The predicted octanol–water partition coefficient (Wildman–Crippen LogP) is 2.15. The Kier molecular flexibility index (Phi) is 2.13. The molecule has 1 spiro atoms. The number of alkyl halides is 2. The minimum atomic E-state index is -2.70. The lowest BCUT2D eigenvalue weighted by Crippen LogP contribution is -2.58. The lowest BCUT2D eigenvalue weighted by Gasteiger charge is -2.39. The first-order valence-corrected chi connectivity index (χ1v) is 5.10. The zero-order chi connectivity index (χ0) is 10.4. The van der Waals surface area contributed by atoms with Crippen LogP contribution in [0.2, 0.25) is 0 Å². The van der Waals surface area contributed by atoms with Crippen molar-refractivity contribution in [2.24, 2.45) is 5.41 Å². The Bertz CT molecular complexity index is 230. The molecule has 1 aliphatic carbocycles. The van der Waals surface area contributed by atoms with Crippen LogP contribution in [0.15, 0.2) is 0 Å². The van der Waals surface area contributed by atoms with Gasteiger partial charge in [0.05, 0.1) is 6.54 Å². The van der Waals surface area contributed by atoms with E-state index in [1.165, 1.54) is 0 Å². The molecular weight excluding hydrogens is 188 g/mol. The van der Waals surface area contributed by atoms with Gasteiger partial charge in [0.1, 0.15) is 12.3 Å². The smallest absolute Gasteiger partial charge is 0.283 e. The highest BCUT2D eigenvalue weighted by Crippen LogP contribution is 2.45. The molecule has 0 amide bonds. The van der Waals surface area contributed by atoms with Crippen molar-refractivity contribution >= 4 is 0 Å². The van der Waals surface area contributed by atoms with E-state index in [1.807, 2.05) is 0 Å². The molecule has 1 saturated heterocycles. The fourth-order valence-electron chi connectivity index (χ4n) is 2.40. The standard InChI is InChI=1S/C10H17F2NO/c1-8(2)3-4-10(5-8)13-6-9(11,12)7-14-10/h13H,3-7H2,1-2H3. The van der Waals surface area contributed by atoms with Crippen molar-refractivity contribution in [2.45, 2.75) is 44.8 Å². The molecule has 82 valence electrons. The van der Waals surface area contributed by atoms with Gasteiger partial charge in [0.25, 0.3) is 5.92 Å². The number of ether oxygens (including phenoxy) is 1. The van der Waals surface area contributed by atoms with Crippen LogP contribution in [0.1, 0.15) is 33.1 Å². The van der Waals surface area contributed by atoms with Gasteiger partial charge in [-0.2, -0.15) is 0 Å². The molecule has 1 atom stereocenters. The van der Waals surface area contributed by atoms with E-state index in [2.05, 4.69) is 19.2 Å². The molecule has 0 aromatic heterocycles. The molecule has 0 radical (unpaired) electrons. The third-order valence-electron chi connectivity index (χ3n) is 3.20. The Labute approximate surface area is 83.0 Å². The summed E-state index contributed by atoms with van der Waals surface area (Å²) in [6, 6.07) is 0. The maximum Gasteiger partial charge on any atom is 0.283 e. The van der Waals surface area contributed by atoms with Crippen LogP contribution in [-0.4, -0.2) is 24.8 Å². The summed E-state index contributed by atoms with van der Waals surface area (Å²) in [6.45, 7) is 3.62. The van der Waals surface area contributed by atoms with Crippen molar-refractivity contribution in [3.8, 4) is 0 Å². The van der Waals surface area contributed by atoms with Crippen molar-refractivity contribution in [2.75, 3.05) is 13.2 Å². The van der Waals surface area contributed by atoms with E-state index in [4.69, 9.17) is 4.74 Å². The number of hydrogen-bond donors (Lipinski definition) is 1. The molecule has 1 N–H and O–H groups in total. The maximum atomic E-state index is 12.8. The van der Waals surface area contributed by atoms with Crippen LogP contribution in [0.4, 0.5) is 8.78 Å². The van der Waals surface area contributed by atoms with Crippen molar-refractivity contribution in [3.63, 3.8) is 0 Å². The summed E-state index contributed by atoms with van der Waals surface area (Å²) < 4.78 is 31.0. The summed E-state index contributed by atoms with van der Waals surface area (Å²) in [6.07, 6.45) is 2.71. The highest BCUT2D eigenvalue weighted by Gasteiger charge is 2.50. The second-order valence-electron chi connectivity index (χ2n) is 5.33. The average molecular weight is 205 g/mol. The Hall–Kier alpha value is -0.220. The first-order valence-electron chi connectivity index (χ1n) is 5.10. The molecule has 1 aliphatic heterocycles. The molecule has 14 heavy (non-hydrogen) atoms. The quantitative estimate of drug-likeness (QED) is 0.654. The average Bonchev–Trinajstić information content (AvgIpc) is 2.36. The van der Waals surface area contributed by atoms with Gasteiger partial charge in [-0.1, -0.05) is 13.8 Å². The third kappa shape index (κ3) is 1.91. The van der Waals surface area contributed by atoms with E-state index in [1.54, 1.807) is 0 Å². The predicted molar refractivity (Wildman–Crippen MR) is 49.3 cm³/mol. The summed E-state index contributed by atoms with van der Waals surface area (Å²) in [5.74, 6) is -2.70. The third-order valence-corrected chi connectivity index (χ3v) is 3.20. The zero-order valence-corrected chi connectivity index (χ0v) is 8.70. The Balaban J connectivity index is 2.01. The van der Waals surface area contributed by atoms with Gasteiger partial charge in [-0.3, -0.25) is 5.32 Å². The molecule has 2 nitrogen and oxygen atoms in total. The Morgan fingerprint density at radius 3 is 2.36 bits per heavy atom. The van der Waals surface area contributed by atoms with Crippen molar-refractivity contribution in [1.82, 2.24) is 5.32 Å². The van der Waals surface area contributed by atoms with Crippen LogP contribution < -0.4 is 5.32 Å². The van der Waals surface area contributed by atoms with E-state index in [9.17, 15) is 8.78 Å². The second-order valence-corrected chi connectivity index (χ2v) is 5.33. The van der Waals surface area contributed by atoms with Gasteiger partial charge < -0.3 is 4.74 Å². The fourth-order valence-corrected chi connectivity index (χ4v) is 2.40. The first-order chi connectivity index (χ1) is 6.33. The minimum Gasteiger partial charge on any atom is -0.354 e.